The van der Waals surface area contributed by atoms with Crippen molar-refractivity contribution in [1.29, 1.82) is 0 Å². The smallest absolute Gasteiger partial charge is 0.164 e. The molecular weight excluding hydrogens is 671 g/mol. The number of hydrogen-bond acceptors (Lipinski definition) is 4. The van der Waals surface area contributed by atoms with Crippen LogP contribution in [0.2, 0.25) is 0 Å². The molecule has 0 N–H and O–H groups in total. The van der Waals surface area contributed by atoms with Gasteiger partial charge in [0.15, 0.2) is 17.5 Å². The first-order valence-electron chi connectivity index (χ1n) is 18.5. The Morgan fingerprint density at radius 3 is 1.24 bits per heavy atom. The van der Waals surface area contributed by atoms with Crippen LogP contribution >= 0.6 is 0 Å². The summed E-state index contributed by atoms with van der Waals surface area (Å²) in [5.74, 6) is 1.86. The van der Waals surface area contributed by atoms with Crippen molar-refractivity contribution in [2.75, 3.05) is 0 Å². The van der Waals surface area contributed by atoms with Gasteiger partial charge in [0.2, 0.25) is 0 Å². The molecule has 0 amide bonds. The van der Waals surface area contributed by atoms with Gasteiger partial charge in [-0.3, -0.25) is 0 Å². The molecule has 0 unspecified atom stereocenters. The maximum Gasteiger partial charge on any atom is 0.164 e. The van der Waals surface area contributed by atoms with Crippen LogP contribution in [0.4, 0.5) is 0 Å². The van der Waals surface area contributed by atoms with E-state index in [1.165, 1.54) is 32.3 Å². The Balaban J connectivity index is 1.05. The maximum atomic E-state index is 6.40. The molecule has 2 aromatic heterocycles. The van der Waals surface area contributed by atoms with Crippen molar-refractivity contribution in [2.45, 2.75) is 0 Å². The van der Waals surface area contributed by atoms with Crippen molar-refractivity contribution >= 4 is 54.3 Å². The Morgan fingerprint density at radius 2 is 0.618 bits per heavy atom. The zero-order valence-corrected chi connectivity index (χ0v) is 29.6. The Labute approximate surface area is 317 Å². The van der Waals surface area contributed by atoms with Gasteiger partial charge in [-0.25, -0.2) is 15.0 Å². The molecule has 4 nitrogen and oxygen atoms in total. The third-order valence-corrected chi connectivity index (χ3v) is 10.7. The largest absolute Gasteiger partial charge is 0.456 e. The van der Waals surface area contributed by atoms with Crippen LogP contribution in [0.3, 0.4) is 0 Å². The molecular formula is C51H31N3O. The van der Waals surface area contributed by atoms with Crippen LogP contribution in [-0.2, 0) is 0 Å². The van der Waals surface area contributed by atoms with Crippen LogP contribution in [-0.4, -0.2) is 15.0 Å². The molecule has 0 saturated carbocycles. The van der Waals surface area contributed by atoms with Crippen LogP contribution in [0.15, 0.2) is 192 Å². The van der Waals surface area contributed by atoms with E-state index in [0.717, 1.165) is 60.9 Å². The molecule has 4 heteroatoms. The summed E-state index contributed by atoms with van der Waals surface area (Å²) < 4.78 is 6.40. The average molecular weight is 702 g/mol. The number of fused-ring (bicyclic) bond motifs is 9. The maximum absolute atomic E-state index is 6.40. The summed E-state index contributed by atoms with van der Waals surface area (Å²) in [6, 6.07) is 65.8. The monoisotopic (exact) mass is 701 g/mol. The van der Waals surface area contributed by atoms with Crippen molar-refractivity contribution in [3.05, 3.63) is 188 Å². The normalized spacial score (nSPS) is 11.6. The number of furan rings is 1. The van der Waals surface area contributed by atoms with Crippen molar-refractivity contribution in [1.82, 2.24) is 15.0 Å². The highest BCUT2D eigenvalue weighted by molar-refractivity contribution is 6.25. The average Bonchev–Trinajstić information content (AvgIpc) is 3.64. The van der Waals surface area contributed by atoms with Gasteiger partial charge in [0, 0.05) is 27.5 Å². The second-order valence-corrected chi connectivity index (χ2v) is 14.0. The first-order chi connectivity index (χ1) is 27.2. The quantitative estimate of drug-likeness (QED) is 0.168. The molecule has 0 radical (unpaired) electrons. The summed E-state index contributed by atoms with van der Waals surface area (Å²) >= 11 is 0. The van der Waals surface area contributed by atoms with Crippen LogP contribution in [0.5, 0.6) is 0 Å². The predicted molar refractivity (Wildman–Crippen MR) is 227 cm³/mol. The van der Waals surface area contributed by atoms with E-state index in [2.05, 4.69) is 140 Å². The number of hydrogen-bond donors (Lipinski definition) is 0. The van der Waals surface area contributed by atoms with E-state index in [9.17, 15) is 0 Å². The topological polar surface area (TPSA) is 51.8 Å². The molecule has 0 saturated heterocycles. The van der Waals surface area contributed by atoms with Gasteiger partial charge in [-0.2, -0.15) is 0 Å². The Hall–Kier alpha value is -7.43. The lowest BCUT2D eigenvalue weighted by Crippen LogP contribution is -2.00. The minimum absolute atomic E-state index is 0.606. The van der Waals surface area contributed by atoms with Gasteiger partial charge < -0.3 is 4.42 Å². The minimum Gasteiger partial charge on any atom is -0.456 e. The molecule has 11 aromatic rings. The second-order valence-electron chi connectivity index (χ2n) is 14.0. The summed E-state index contributed by atoms with van der Waals surface area (Å²) in [6.07, 6.45) is 0. The highest BCUT2D eigenvalue weighted by atomic mass is 16.3. The third kappa shape index (κ3) is 5.34. The predicted octanol–water partition coefficient (Wildman–Crippen LogP) is 13.6. The van der Waals surface area contributed by atoms with E-state index in [1.807, 2.05) is 48.5 Å². The van der Waals surface area contributed by atoms with Crippen LogP contribution in [0.1, 0.15) is 0 Å². The standard InChI is InChI=1S/C51H31N3O/c1-3-12-32(13-4-1)34-16-11-17-37(28-34)50-52-49(33-14-5-2-6-15-33)53-51(54-50)38-24-27-48-46(31-38)45-30-36(23-26-47(45)55-48)35-22-25-43-41-20-8-7-18-39(41)40-19-9-10-21-42(40)44(43)29-35/h1-31H. The Bertz CT molecular complexity index is 3220. The lowest BCUT2D eigenvalue weighted by molar-refractivity contribution is 0.669. The first-order valence-corrected chi connectivity index (χ1v) is 18.5. The van der Waals surface area contributed by atoms with E-state index in [-0.39, 0.29) is 0 Å². The van der Waals surface area contributed by atoms with Crippen LogP contribution < -0.4 is 0 Å². The zero-order chi connectivity index (χ0) is 36.3. The number of benzene rings is 9. The van der Waals surface area contributed by atoms with Crippen LogP contribution in [0.25, 0.3) is 111 Å². The van der Waals surface area contributed by atoms with E-state index in [4.69, 9.17) is 19.4 Å². The molecule has 0 spiro atoms. The third-order valence-electron chi connectivity index (χ3n) is 10.7. The highest BCUT2D eigenvalue weighted by Gasteiger charge is 2.16. The Kier molecular flexibility index (Phi) is 7.14. The van der Waals surface area contributed by atoms with Crippen molar-refractivity contribution in [3.8, 4) is 56.4 Å². The van der Waals surface area contributed by atoms with Gasteiger partial charge in [-0.15, -0.1) is 0 Å². The molecule has 11 rings (SSSR count). The summed E-state index contributed by atoms with van der Waals surface area (Å²) in [5, 5.41) is 9.65. The molecule has 0 atom stereocenters. The van der Waals surface area contributed by atoms with Gasteiger partial charge in [0.05, 0.1) is 0 Å². The SMILES string of the molecule is c1ccc(-c2cccc(-c3nc(-c4ccccc4)nc(-c4ccc5oc6ccc(-c7ccc8c9ccccc9c9ccccc9c8c7)cc6c5c4)n3)c2)cc1. The summed E-state index contributed by atoms with van der Waals surface area (Å²) in [6.45, 7) is 0. The van der Waals surface area contributed by atoms with E-state index in [0.29, 0.717) is 17.5 Å². The number of aromatic nitrogens is 3. The van der Waals surface area contributed by atoms with Gasteiger partial charge in [-0.05, 0) is 97.0 Å². The lowest BCUT2D eigenvalue weighted by Gasteiger charge is -2.12. The van der Waals surface area contributed by atoms with E-state index >= 15 is 0 Å². The summed E-state index contributed by atoms with van der Waals surface area (Å²) in [4.78, 5) is 15.1. The van der Waals surface area contributed by atoms with Crippen molar-refractivity contribution < 1.29 is 4.42 Å². The van der Waals surface area contributed by atoms with Crippen LogP contribution in [0, 0.1) is 0 Å². The Morgan fingerprint density at radius 1 is 0.236 bits per heavy atom. The summed E-state index contributed by atoms with van der Waals surface area (Å²) in [5.41, 5.74) is 8.96. The zero-order valence-electron chi connectivity index (χ0n) is 29.6. The fourth-order valence-electron chi connectivity index (χ4n) is 8.00. The molecule has 0 aliphatic rings. The van der Waals surface area contributed by atoms with Gasteiger partial charge >= 0.3 is 0 Å². The molecule has 0 fully saturated rings. The van der Waals surface area contributed by atoms with Gasteiger partial charge in [-0.1, -0.05) is 146 Å². The van der Waals surface area contributed by atoms with E-state index in [1.54, 1.807) is 0 Å². The molecule has 0 aliphatic heterocycles. The first kappa shape index (κ1) is 31.1. The van der Waals surface area contributed by atoms with Gasteiger partial charge in [0.25, 0.3) is 0 Å². The number of rotatable bonds is 5. The minimum atomic E-state index is 0.606. The fourth-order valence-corrected chi connectivity index (χ4v) is 8.00. The van der Waals surface area contributed by atoms with Crippen molar-refractivity contribution in [3.63, 3.8) is 0 Å². The molecule has 0 aliphatic carbocycles. The van der Waals surface area contributed by atoms with Crippen molar-refractivity contribution in [2.24, 2.45) is 0 Å². The molecule has 55 heavy (non-hydrogen) atoms. The fraction of sp³-hybridized carbons (Fsp3) is 0. The lowest BCUT2D eigenvalue weighted by atomic mass is 9.92. The molecule has 2 heterocycles. The number of nitrogens with zero attached hydrogens (tertiary/aromatic N) is 3. The molecule has 256 valence electrons. The highest BCUT2D eigenvalue weighted by Crippen LogP contribution is 2.39. The second kappa shape index (κ2) is 12.6. The molecule has 9 aromatic carbocycles. The summed E-state index contributed by atoms with van der Waals surface area (Å²) in [7, 11) is 0. The van der Waals surface area contributed by atoms with E-state index < -0.39 is 0 Å². The molecule has 0 bridgehead atoms. The van der Waals surface area contributed by atoms with Gasteiger partial charge in [0.1, 0.15) is 11.2 Å².